The molecule has 0 aliphatic carbocycles. The Balaban J connectivity index is 1.39. The SMILES string of the molecule is CCOc1ccc(C(=O)Oc2ccccc2C=NNC(=O)c2[nH]c3c(C)cc(C)cc3c2-c2ccccc2Cl)cc1OCC. The molecule has 0 atom stereocenters. The minimum absolute atomic E-state index is 0.274. The zero-order valence-corrected chi connectivity index (χ0v) is 25.6. The van der Waals surface area contributed by atoms with E-state index in [1.807, 2.05) is 52.0 Å². The number of nitrogens with one attached hydrogen (secondary N) is 2. The lowest BCUT2D eigenvalue weighted by atomic mass is 9.99. The number of hydrogen-bond donors (Lipinski definition) is 2. The van der Waals surface area contributed by atoms with Crippen LogP contribution in [-0.4, -0.2) is 36.3 Å². The largest absolute Gasteiger partial charge is 0.490 e. The Kier molecular flexibility index (Phi) is 9.31. The maximum Gasteiger partial charge on any atom is 0.343 e. The summed E-state index contributed by atoms with van der Waals surface area (Å²) in [5, 5.41) is 5.61. The van der Waals surface area contributed by atoms with Gasteiger partial charge in [-0.25, -0.2) is 10.2 Å². The molecule has 0 radical (unpaired) electrons. The van der Waals surface area contributed by atoms with Crippen LogP contribution in [-0.2, 0) is 0 Å². The quantitative estimate of drug-likeness (QED) is 0.0725. The van der Waals surface area contributed by atoms with Crippen molar-refractivity contribution in [3.8, 4) is 28.4 Å². The minimum Gasteiger partial charge on any atom is -0.490 e. The molecule has 0 bridgehead atoms. The summed E-state index contributed by atoms with van der Waals surface area (Å²) in [5.41, 5.74) is 8.08. The summed E-state index contributed by atoms with van der Waals surface area (Å²) in [6.45, 7) is 8.61. The van der Waals surface area contributed by atoms with E-state index < -0.39 is 11.9 Å². The second-order valence-corrected chi connectivity index (χ2v) is 10.4. The van der Waals surface area contributed by atoms with Gasteiger partial charge in [0, 0.05) is 32.6 Å². The number of hydrogen-bond acceptors (Lipinski definition) is 6. The van der Waals surface area contributed by atoms with E-state index in [0.29, 0.717) is 52.1 Å². The summed E-state index contributed by atoms with van der Waals surface area (Å²) in [6, 6.07) is 23.3. The predicted octanol–water partition coefficient (Wildman–Crippen LogP) is 7.89. The number of carbonyl (C=O) groups excluding carboxylic acids is 2. The molecule has 0 aliphatic heterocycles. The smallest absolute Gasteiger partial charge is 0.343 e. The number of aromatic nitrogens is 1. The molecule has 9 heteroatoms. The third kappa shape index (κ3) is 6.45. The number of amides is 1. The number of nitrogens with zero attached hydrogens (tertiary/aromatic N) is 1. The highest BCUT2D eigenvalue weighted by atomic mass is 35.5. The Morgan fingerprint density at radius 2 is 1.61 bits per heavy atom. The number of benzene rings is 4. The van der Waals surface area contributed by atoms with Gasteiger partial charge in [-0.05, 0) is 75.7 Å². The minimum atomic E-state index is -0.577. The predicted molar refractivity (Wildman–Crippen MR) is 173 cm³/mol. The van der Waals surface area contributed by atoms with Crippen LogP contribution in [0, 0.1) is 13.8 Å². The van der Waals surface area contributed by atoms with Gasteiger partial charge in [0.15, 0.2) is 11.5 Å². The first-order valence-corrected chi connectivity index (χ1v) is 14.6. The lowest BCUT2D eigenvalue weighted by molar-refractivity contribution is 0.0733. The Labute approximate surface area is 260 Å². The number of hydrazone groups is 1. The Morgan fingerprint density at radius 3 is 2.39 bits per heavy atom. The number of H-pyrrole nitrogens is 1. The molecule has 0 saturated carbocycles. The van der Waals surface area contributed by atoms with Gasteiger partial charge >= 0.3 is 5.97 Å². The topological polar surface area (TPSA) is 102 Å². The van der Waals surface area contributed by atoms with E-state index in [2.05, 4.69) is 21.6 Å². The maximum absolute atomic E-state index is 13.5. The second kappa shape index (κ2) is 13.5. The van der Waals surface area contributed by atoms with Crippen LogP contribution in [0.5, 0.6) is 17.2 Å². The van der Waals surface area contributed by atoms with Crippen LogP contribution in [0.1, 0.15) is 51.4 Å². The monoisotopic (exact) mass is 609 g/mol. The van der Waals surface area contributed by atoms with Crippen LogP contribution in [0.3, 0.4) is 0 Å². The van der Waals surface area contributed by atoms with Crippen LogP contribution in [0.15, 0.2) is 84.0 Å². The van der Waals surface area contributed by atoms with Crippen molar-refractivity contribution in [2.75, 3.05) is 13.2 Å². The van der Waals surface area contributed by atoms with Gasteiger partial charge in [0.05, 0.1) is 25.0 Å². The number of aryl methyl sites for hydroxylation is 2. The fourth-order valence-corrected chi connectivity index (χ4v) is 5.23. The number of carbonyl (C=O) groups is 2. The Hall–Kier alpha value is -5.08. The molecule has 5 aromatic rings. The molecule has 224 valence electrons. The molecule has 1 amide bonds. The molecule has 1 aromatic heterocycles. The van der Waals surface area contributed by atoms with Crippen molar-refractivity contribution in [1.82, 2.24) is 10.4 Å². The molecule has 5 rings (SSSR count). The average Bonchev–Trinajstić information content (AvgIpc) is 3.39. The molecule has 4 aromatic carbocycles. The number of esters is 1. The molecule has 0 unspecified atom stereocenters. The number of fused-ring (bicyclic) bond motifs is 1. The molecule has 44 heavy (non-hydrogen) atoms. The number of ether oxygens (including phenoxy) is 3. The second-order valence-electron chi connectivity index (χ2n) is 10.0. The van der Waals surface area contributed by atoms with Crippen LogP contribution in [0.25, 0.3) is 22.0 Å². The van der Waals surface area contributed by atoms with Crippen LogP contribution in [0.4, 0.5) is 0 Å². The summed E-state index contributed by atoms with van der Waals surface area (Å²) in [7, 11) is 0. The lowest BCUT2D eigenvalue weighted by Gasteiger charge is -2.12. The first-order valence-electron chi connectivity index (χ1n) is 14.2. The molecule has 0 fully saturated rings. The van der Waals surface area contributed by atoms with E-state index in [-0.39, 0.29) is 5.75 Å². The molecule has 2 N–H and O–H groups in total. The molecule has 0 aliphatic rings. The summed E-state index contributed by atoms with van der Waals surface area (Å²) < 4.78 is 16.9. The molecule has 0 spiro atoms. The van der Waals surface area contributed by atoms with E-state index in [1.165, 1.54) is 6.21 Å². The van der Waals surface area contributed by atoms with Crippen molar-refractivity contribution in [1.29, 1.82) is 0 Å². The highest BCUT2D eigenvalue weighted by molar-refractivity contribution is 6.34. The van der Waals surface area contributed by atoms with Crippen molar-refractivity contribution in [3.63, 3.8) is 0 Å². The zero-order valence-electron chi connectivity index (χ0n) is 24.9. The van der Waals surface area contributed by atoms with Crippen molar-refractivity contribution in [2.24, 2.45) is 5.10 Å². The molecule has 1 heterocycles. The van der Waals surface area contributed by atoms with Crippen LogP contribution < -0.4 is 19.6 Å². The highest BCUT2D eigenvalue weighted by Crippen LogP contribution is 2.38. The normalized spacial score (nSPS) is 11.1. The molecule has 8 nitrogen and oxygen atoms in total. The summed E-state index contributed by atoms with van der Waals surface area (Å²) in [4.78, 5) is 29.8. The summed E-state index contributed by atoms with van der Waals surface area (Å²) in [5.74, 6) is 0.256. The third-order valence-electron chi connectivity index (χ3n) is 6.89. The van der Waals surface area contributed by atoms with Crippen molar-refractivity contribution < 1.29 is 23.8 Å². The van der Waals surface area contributed by atoms with E-state index in [1.54, 1.807) is 48.5 Å². The maximum atomic E-state index is 13.5. The van der Waals surface area contributed by atoms with Gasteiger partial charge in [-0.3, -0.25) is 4.79 Å². The van der Waals surface area contributed by atoms with Gasteiger partial charge in [-0.2, -0.15) is 5.10 Å². The summed E-state index contributed by atoms with van der Waals surface area (Å²) in [6.07, 6.45) is 1.43. The van der Waals surface area contributed by atoms with Gasteiger partial charge in [0.2, 0.25) is 0 Å². The Morgan fingerprint density at radius 1 is 0.886 bits per heavy atom. The average molecular weight is 610 g/mol. The third-order valence-corrected chi connectivity index (χ3v) is 7.22. The van der Waals surface area contributed by atoms with Crippen molar-refractivity contribution in [3.05, 3.63) is 112 Å². The lowest BCUT2D eigenvalue weighted by Crippen LogP contribution is -2.19. The fraction of sp³-hybridized carbons (Fsp3) is 0.171. The van der Waals surface area contributed by atoms with Crippen molar-refractivity contribution >= 4 is 40.6 Å². The zero-order chi connectivity index (χ0) is 31.2. The number of para-hydroxylation sites is 1. The van der Waals surface area contributed by atoms with Gasteiger partial charge in [-0.15, -0.1) is 0 Å². The fourth-order valence-electron chi connectivity index (χ4n) is 5.00. The molecular formula is C35H32ClN3O5. The molecule has 0 saturated heterocycles. The Bertz CT molecular complexity index is 1880. The van der Waals surface area contributed by atoms with E-state index in [9.17, 15) is 9.59 Å². The van der Waals surface area contributed by atoms with Crippen molar-refractivity contribution in [2.45, 2.75) is 27.7 Å². The number of rotatable bonds is 10. The first kappa shape index (κ1) is 30.4. The molecular weight excluding hydrogens is 578 g/mol. The van der Waals surface area contributed by atoms with Crippen LogP contribution >= 0.6 is 11.6 Å². The highest BCUT2D eigenvalue weighted by Gasteiger charge is 2.22. The van der Waals surface area contributed by atoms with Gasteiger partial charge < -0.3 is 19.2 Å². The van der Waals surface area contributed by atoms with Gasteiger partial charge in [0.1, 0.15) is 11.4 Å². The van der Waals surface area contributed by atoms with E-state index in [0.717, 1.165) is 27.6 Å². The number of halogens is 1. The number of aromatic amines is 1. The first-order chi connectivity index (χ1) is 21.3. The van der Waals surface area contributed by atoms with E-state index >= 15 is 0 Å². The standard InChI is InChI=1S/C35H32ClN3O5/c1-5-42-29-16-15-23(19-30(29)43-6-2)35(41)44-28-14-10-7-11-24(28)20-37-39-34(40)33-31(25-12-8-9-13-27(25)36)26-18-21(3)17-22(4)32(26)38-33/h7-20,38H,5-6H2,1-4H3,(H,39,40). The van der Waals surface area contributed by atoms with E-state index in [4.69, 9.17) is 25.8 Å². The summed E-state index contributed by atoms with van der Waals surface area (Å²) >= 11 is 6.58. The van der Waals surface area contributed by atoms with Gasteiger partial charge in [-0.1, -0.05) is 53.6 Å². The van der Waals surface area contributed by atoms with Crippen LogP contribution in [0.2, 0.25) is 5.02 Å². The van der Waals surface area contributed by atoms with Gasteiger partial charge in [0.25, 0.3) is 5.91 Å².